The molecule has 7 atom stereocenters. The molecule has 0 aromatic carbocycles. The van der Waals surface area contributed by atoms with Gasteiger partial charge in [0.05, 0.1) is 56.8 Å². The summed E-state index contributed by atoms with van der Waals surface area (Å²) in [5.74, 6) is -2.35. The lowest BCUT2D eigenvalue weighted by Crippen LogP contribution is -2.71. The zero-order valence-corrected chi connectivity index (χ0v) is 25.7. The van der Waals surface area contributed by atoms with Gasteiger partial charge >= 0.3 is 0 Å². The number of alkyl halides is 2. The summed E-state index contributed by atoms with van der Waals surface area (Å²) in [6.45, 7) is 17.2. The van der Waals surface area contributed by atoms with Crippen LogP contribution in [0.5, 0.6) is 0 Å². The molecule has 0 bridgehead atoms. The largest absolute Gasteiger partial charge is 0.386 e. The fourth-order valence-corrected chi connectivity index (χ4v) is 7.72. The SMILES string of the molecule is COCCNC1NC(C(C)(C)C)NCC1C(O)N(CC(C)C)[C@@H]1CNCC2(C1)C[N+]1(CCC(F)(F)CC1)CC2O. The smallest absolute Gasteiger partial charge is 0.258 e. The number of quaternary nitrogens is 1. The van der Waals surface area contributed by atoms with Crippen molar-refractivity contribution >= 4 is 0 Å². The number of nitrogens with one attached hydrogen (secondary N) is 4. The van der Waals surface area contributed by atoms with E-state index in [9.17, 15) is 19.0 Å². The van der Waals surface area contributed by atoms with Crippen molar-refractivity contribution in [3.63, 3.8) is 0 Å². The molecule has 4 rings (SSSR count). The minimum Gasteiger partial charge on any atom is -0.386 e. The number of hydrogen-bond donors (Lipinski definition) is 6. The molecular formula is C29H57F2N6O3+. The molecule has 0 aromatic rings. The molecular weight excluding hydrogens is 518 g/mol. The van der Waals surface area contributed by atoms with Gasteiger partial charge in [-0.25, -0.2) is 8.78 Å². The van der Waals surface area contributed by atoms with Crippen LogP contribution in [0.2, 0.25) is 0 Å². The molecule has 0 aromatic heterocycles. The van der Waals surface area contributed by atoms with E-state index in [0.717, 1.165) is 26.1 Å². The first-order valence-electron chi connectivity index (χ1n) is 15.5. The number of hydrogen-bond acceptors (Lipinski definition) is 8. The lowest BCUT2D eigenvalue weighted by atomic mass is 9.75. The molecule has 4 saturated heterocycles. The highest BCUT2D eigenvalue weighted by atomic mass is 19.3. The molecule has 4 heterocycles. The van der Waals surface area contributed by atoms with E-state index in [2.05, 4.69) is 60.8 Å². The van der Waals surface area contributed by atoms with Gasteiger partial charge in [0.15, 0.2) is 0 Å². The number of ether oxygens (including phenoxy) is 1. The molecule has 4 aliphatic rings. The van der Waals surface area contributed by atoms with E-state index in [1.165, 1.54) is 0 Å². The lowest BCUT2D eigenvalue weighted by Gasteiger charge is -2.51. The summed E-state index contributed by atoms with van der Waals surface area (Å²) >= 11 is 0. The Hall–Kier alpha value is -0.500. The van der Waals surface area contributed by atoms with E-state index in [0.29, 0.717) is 56.3 Å². The first kappa shape index (κ1) is 32.4. The first-order valence-corrected chi connectivity index (χ1v) is 15.5. The molecule has 9 nitrogen and oxygen atoms in total. The molecule has 4 fully saturated rings. The summed E-state index contributed by atoms with van der Waals surface area (Å²) < 4.78 is 33.9. The van der Waals surface area contributed by atoms with Gasteiger partial charge < -0.3 is 30.1 Å². The zero-order chi connectivity index (χ0) is 29.3. The van der Waals surface area contributed by atoms with E-state index in [-0.39, 0.29) is 48.0 Å². The molecule has 6 N–H and O–H groups in total. The zero-order valence-electron chi connectivity index (χ0n) is 25.7. The van der Waals surface area contributed by atoms with Gasteiger partial charge in [0, 0.05) is 51.8 Å². The van der Waals surface area contributed by atoms with Gasteiger partial charge in [0.25, 0.3) is 5.92 Å². The van der Waals surface area contributed by atoms with E-state index < -0.39 is 18.3 Å². The molecule has 4 aliphatic heterocycles. The van der Waals surface area contributed by atoms with Gasteiger partial charge in [-0.1, -0.05) is 34.6 Å². The second-order valence-electron chi connectivity index (χ2n) is 14.8. The van der Waals surface area contributed by atoms with Gasteiger partial charge in [-0.2, -0.15) is 0 Å². The summed E-state index contributed by atoms with van der Waals surface area (Å²) in [7, 11) is 1.69. The molecule has 40 heavy (non-hydrogen) atoms. The van der Waals surface area contributed by atoms with E-state index in [1.807, 2.05) is 0 Å². The third-order valence-electron chi connectivity index (χ3n) is 9.96. The maximum Gasteiger partial charge on any atom is 0.258 e. The highest BCUT2D eigenvalue weighted by Crippen LogP contribution is 2.45. The Bertz CT molecular complexity index is 820. The number of piperidine rings is 2. The Morgan fingerprint density at radius 3 is 2.50 bits per heavy atom. The Kier molecular flexibility index (Phi) is 10.2. The topological polar surface area (TPSA) is 101 Å². The molecule has 0 aliphatic carbocycles. The third kappa shape index (κ3) is 7.34. The van der Waals surface area contributed by atoms with Crippen molar-refractivity contribution in [1.82, 2.24) is 26.2 Å². The van der Waals surface area contributed by atoms with Crippen molar-refractivity contribution in [1.29, 1.82) is 0 Å². The van der Waals surface area contributed by atoms with Crippen LogP contribution in [-0.4, -0.2) is 129 Å². The van der Waals surface area contributed by atoms with Crippen LogP contribution >= 0.6 is 0 Å². The van der Waals surface area contributed by atoms with Crippen LogP contribution < -0.4 is 21.3 Å². The van der Waals surface area contributed by atoms with Crippen LogP contribution in [0.3, 0.4) is 0 Å². The van der Waals surface area contributed by atoms with E-state index in [1.54, 1.807) is 7.11 Å². The molecule has 0 amide bonds. The normalized spacial score (nSPS) is 37.0. The summed E-state index contributed by atoms with van der Waals surface area (Å²) in [5.41, 5.74) is -0.370. The number of aliphatic hydroxyl groups is 2. The standard InChI is InChI=1S/C29H57F2N6O3/c1-20(2)16-36(25(39)22-15-34-26(27(3,4)5)35-24(22)33-9-12-40-6)21-13-28(18-32-14-21)19-37(17-23(28)38)10-7-29(30,31)8-11-37/h20-26,32-35,38-39H,7-19H2,1-6H3/q+1/t21-,22?,23?,24?,25?,26?,28?/m0/s1. The third-order valence-corrected chi connectivity index (χ3v) is 9.96. The average molecular weight is 576 g/mol. The van der Waals surface area contributed by atoms with E-state index in [4.69, 9.17) is 4.74 Å². The summed E-state index contributed by atoms with van der Waals surface area (Å²) in [6.07, 6.45) is -0.695. The first-order chi connectivity index (χ1) is 18.7. The Morgan fingerprint density at radius 2 is 1.88 bits per heavy atom. The predicted molar refractivity (Wildman–Crippen MR) is 153 cm³/mol. The van der Waals surface area contributed by atoms with Crippen LogP contribution in [0.1, 0.15) is 53.9 Å². The van der Waals surface area contributed by atoms with Gasteiger partial charge in [0.1, 0.15) is 18.9 Å². The van der Waals surface area contributed by atoms with Crippen molar-refractivity contribution in [2.75, 3.05) is 72.6 Å². The van der Waals surface area contributed by atoms with Crippen LogP contribution in [-0.2, 0) is 4.74 Å². The predicted octanol–water partition coefficient (Wildman–Crippen LogP) is 0.975. The van der Waals surface area contributed by atoms with Crippen LogP contribution in [0.25, 0.3) is 0 Å². The summed E-state index contributed by atoms with van der Waals surface area (Å²) in [5, 5.41) is 38.0. The highest BCUT2D eigenvalue weighted by Gasteiger charge is 2.59. The van der Waals surface area contributed by atoms with Gasteiger partial charge in [-0.3, -0.25) is 15.5 Å². The average Bonchev–Trinajstić information content (AvgIpc) is 3.14. The second kappa shape index (κ2) is 12.6. The quantitative estimate of drug-likeness (QED) is 0.138. The molecule has 6 unspecified atom stereocenters. The minimum atomic E-state index is -2.59. The second-order valence-corrected chi connectivity index (χ2v) is 14.8. The van der Waals surface area contributed by atoms with Crippen LogP contribution in [0.15, 0.2) is 0 Å². The Balaban J connectivity index is 1.51. The van der Waals surface area contributed by atoms with Crippen LogP contribution in [0.4, 0.5) is 8.78 Å². The van der Waals surface area contributed by atoms with Crippen molar-refractivity contribution < 1.29 is 28.2 Å². The molecule has 0 radical (unpaired) electrons. The maximum atomic E-state index is 14.0. The Morgan fingerprint density at radius 1 is 1.18 bits per heavy atom. The highest BCUT2D eigenvalue weighted by molar-refractivity contribution is 5.03. The number of aliphatic hydroxyl groups excluding tert-OH is 2. The monoisotopic (exact) mass is 575 g/mol. The number of nitrogens with zero attached hydrogens (tertiary/aromatic N) is 2. The Labute approximate surface area is 240 Å². The van der Waals surface area contributed by atoms with Gasteiger partial charge in [-0.05, 0) is 17.8 Å². The number of rotatable bonds is 9. The van der Waals surface area contributed by atoms with Crippen molar-refractivity contribution in [2.24, 2.45) is 22.7 Å². The minimum absolute atomic E-state index is 0.00427. The summed E-state index contributed by atoms with van der Waals surface area (Å²) in [4.78, 5) is 2.24. The fraction of sp³-hybridized carbons (Fsp3) is 1.00. The van der Waals surface area contributed by atoms with Crippen molar-refractivity contribution in [3.05, 3.63) is 0 Å². The van der Waals surface area contributed by atoms with E-state index >= 15 is 0 Å². The molecule has 11 heteroatoms. The lowest BCUT2D eigenvalue weighted by molar-refractivity contribution is -0.927. The van der Waals surface area contributed by atoms with Gasteiger partial charge in [-0.15, -0.1) is 0 Å². The van der Waals surface area contributed by atoms with Gasteiger partial charge in [0.2, 0.25) is 0 Å². The molecule has 2 spiro atoms. The number of methoxy groups -OCH3 is 1. The molecule has 0 saturated carbocycles. The van der Waals surface area contributed by atoms with Crippen molar-refractivity contribution in [3.8, 4) is 0 Å². The number of halogens is 2. The van der Waals surface area contributed by atoms with Crippen molar-refractivity contribution in [2.45, 2.75) is 90.5 Å². The van der Waals surface area contributed by atoms with Crippen LogP contribution in [0, 0.1) is 22.7 Å². The summed E-state index contributed by atoms with van der Waals surface area (Å²) in [6, 6.07) is 0.0325. The maximum absolute atomic E-state index is 14.0. The fourth-order valence-electron chi connectivity index (χ4n) is 7.72. The molecule has 234 valence electrons.